The summed E-state index contributed by atoms with van der Waals surface area (Å²) in [6.07, 6.45) is 0. The second kappa shape index (κ2) is 6.21. The number of anilines is 1. The Balaban J connectivity index is 2.40. The fraction of sp³-hybridized carbons (Fsp3) is 0.235. The van der Waals surface area contributed by atoms with Gasteiger partial charge in [0.2, 0.25) is 0 Å². The highest BCUT2D eigenvalue weighted by Gasteiger charge is 2.17. The summed E-state index contributed by atoms with van der Waals surface area (Å²) in [5, 5.41) is 9.18. The first-order valence-corrected chi connectivity index (χ1v) is 6.62. The first-order valence-electron chi connectivity index (χ1n) is 6.62. The quantitative estimate of drug-likeness (QED) is 0.834. The zero-order valence-electron chi connectivity index (χ0n) is 11.7. The van der Waals surface area contributed by atoms with Gasteiger partial charge in [0, 0.05) is 12.6 Å². The van der Waals surface area contributed by atoms with Crippen molar-refractivity contribution in [2.75, 3.05) is 4.90 Å². The Morgan fingerprint density at radius 3 is 2.40 bits per heavy atom. The van der Waals surface area contributed by atoms with Gasteiger partial charge in [-0.1, -0.05) is 36.4 Å². The summed E-state index contributed by atoms with van der Waals surface area (Å²) in [5.41, 5.74) is 1.89. The largest absolute Gasteiger partial charge is 0.364 e. The van der Waals surface area contributed by atoms with Gasteiger partial charge in [-0.25, -0.2) is 4.39 Å². The van der Waals surface area contributed by atoms with E-state index in [1.54, 1.807) is 12.1 Å². The molecule has 0 amide bonds. The van der Waals surface area contributed by atoms with Crippen molar-refractivity contribution in [2.45, 2.75) is 26.4 Å². The van der Waals surface area contributed by atoms with Crippen LogP contribution in [0.5, 0.6) is 0 Å². The fourth-order valence-electron chi connectivity index (χ4n) is 2.19. The van der Waals surface area contributed by atoms with Crippen LogP contribution >= 0.6 is 0 Å². The van der Waals surface area contributed by atoms with Gasteiger partial charge in [-0.2, -0.15) is 5.26 Å². The maximum atomic E-state index is 13.8. The minimum atomic E-state index is -0.469. The second-order valence-electron chi connectivity index (χ2n) is 4.95. The Hall–Kier alpha value is -2.34. The Labute approximate surface area is 119 Å². The molecular weight excluding hydrogens is 251 g/mol. The zero-order valence-corrected chi connectivity index (χ0v) is 11.7. The number of hydrogen-bond acceptors (Lipinski definition) is 2. The van der Waals surface area contributed by atoms with Gasteiger partial charge in [-0.3, -0.25) is 0 Å². The predicted molar refractivity (Wildman–Crippen MR) is 78.9 cm³/mol. The van der Waals surface area contributed by atoms with Crippen molar-refractivity contribution in [3.63, 3.8) is 0 Å². The van der Waals surface area contributed by atoms with Crippen LogP contribution in [-0.4, -0.2) is 6.04 Å². The van der Waals surface area contributed by atoms with E-state index in [9.17, 15) is 9.65 Å². The molecule has 0 saturated heterocycles. The average molecular weight is 268 g/mol. The predicted octanol–water partition coefficient (Wildman–Crippen LogP) is 4.11. The molecule has 102 valence electrons. The number of rotatable bonds is 4. The molecular formula is C17H17FN2. The van der Waals surface area contributed by atoms with E-state index in [1.165, 1.54) is 6.07 Å². The molecule has 0 aliphatic heterocycles. The molecule has 2 rings (SSSR count). The second-order valence-corrected chi connectivity index (χ2v) is 4.95. The van der Waals surface area contributed by atoms with Crippen molar-refractivity contribution in [3.8, 4) is 6.07 Å². The van der Waals surface area contributed by atoms with E-state index in [4.69, 9.17) is 0 Å². The van der Waals surface area contributed by atoms with Crippen molar-refractivity contribution < 1.29 is 4.39 Å². The zero-order chi connectivity index (χ0) is 14.5. The molecule has 2 aromatic rings. The molecule has 2 aromatic carbocycles. The van der Waals surface area contributed by atoms with Crippen LogP contribution in [0.2, 0.25) is 0 Å². The summed E-state index contributed by atoms with van der Waals surface area (Å²) in [6, 6.07) is 16.9. The van der Waals surface area contributed by atoms with Crippen LogP contribution < -0.4 is 4.90 Å². The van der Waals surface area contributed by atoms with Gasteiger partial charge in [0.15, 0.2) is 0 Å². The monoisotopic (exact) mass is 268 g/mol. The third-order valence-corrected chi connectivity index (χ3v) is 3.23. The van der Waals surface area contributed by atoms with Gasteiger partial charge in [0.25, 0.3) is 0 Å². The van der Waals surface area contributed by atoms with Crippen LogP contribution in [0.3, 0.4) is 0 Å². The summed E-state index contributed by atoms with van der Waals surface area (Å²) in [7, 11) is 0. The number of nitriles is 1. The van der Waals surface area contributed by atoms with Crippen molar-refractivity contribution in [1.82, 2.24) is 0 Å². The summed E-state index contributed by atoms with van der Waals surface area (Å²) in [5.74, 6) is -0.469. The lowest BCUT2D eigenvalue weighted by Gasteiger charge is -2.30. The summed E-state index contributed by atoms with van der Waals surface area (Å²) < 4.78 is 13.8. The summed E-state index contributed by atoms with van der Waals surface area (Å²) >= 11 is 0. The van der Waals surface area contributed by atoms with Gasteiger partial charge in [-0.15, -0.1) is 0 Å². The molecule has 0 radical (unpaired) electrons. The number of halogens is 1. The van der Waals surface area contributed by atoms with E-state index in [1.807, 2.05) is 55.1 Å². The first-order chi connectivity index (χ1) is 9.63. The summed E-state index contributed by atoms with van der Waals surface area (Å²) in [4.78, 5) is 2.04. The highest BCUT2D eigenvalue weighted by atomic mass is 19.1. The van der Waals surface area contributed by atoms with E-state index in [-0.39, 0.29) is 11.6 Å². The molecule has 0 spiro atoms. The average Bonchev–Trinajstić information content (AvgIpc) is 2.45. The number of hydrogen-bond donors (Lipinski definition) is 0. The van der Waals surface area contributed by atoms with Gasteiger partial charge in [0.05, 0.1) is 5.69 Å². The molecule has 0 N–H and O–H groups in total. The molecule has 0 saturated carbocycles. The molecule has 2 nitrogen and oxygen atoms in total. The van der Waals surface area contributed by atoms with Crippen molar-refractivity contribution in [1.29, 1.82) is 5.26 Å². The smallest absolute Gasteiger partial charge is 0.143 e. The molecule has 0 atom stereocenters. The number of benzene rings is 2. The molecule has 0 heterocycles. The molecule has 0 fully saturated rings. The van der Waals surface area contributed by atoms with Crippen LogP contribution in [-0.2, 0) is 6.54 Å². The highest BCUT2D eigenvalue weighted by molar-refractivity contribution is 5.60. The van der Waals surface area contributed by atoms with Crippen molar-refractivity contribution in [3.05, 3.63) is 65.5 Å². The van der Waals surface area contributed by atoms with Gasteiger partial charge < -0.3 is 4.90 Å². The Morgan fingerprint density at radius 2 is 1.80 bits per heavy atom. The van der Waals surface area contributed by atoms with Crippen LogP contribution in [0.4, 0.5) is 10.1 Å². The van der Waals surface area contributed by atoms with Crippen LogP contribution in [0.15, 0.2) is 48.5 Å². The maximum Gasteiger partial charge on any atom is 0.143 e. The molecule has 0 aliphatic rings. The van der Waals surface area contributed by atoms with Gasteiger partial charge in [0.1, 0.15) is 17.4 Å². The van der Waals surface area contributed by atoms with Crippen molar-refractivity contribution in [2.24, 2.45) is 0 Å². The summed E-state index contributed by atoms with van der Waals surface area (Å²) in [6.45, 7) is 4.72. The topological polar surface area (TPSA) is 27.0 Å². The lowest BCUT2D eigenvalue weighted by Crippen LogP contribution is -2.31. The van der Waals surface area contributed by atoms with Crippen LogP contribution in [0.1, 0.15) is 25.0 Å². The van der Waals surface area contributed by atoms with E-state index < -0.39 is 5.82 Å². The van der Waals surface area contributed by atoms with Gasteiger partial charge >= 0.3 is 0 Å². The third-order valence-electron chi connectivity index (χ3n) is 3.23. The van der Waals surface area contributed by atoms with E-state index >= 15 is 0 Å². The molecule has 0 bridgehead atoms. The highest BCUT2D eigenvalue weighted by Crippen LogP contribution is 2.26. The van der Waals surface area contributed by atoms with Crippen LogP contribution in [0, 0.1) is 17.1 Å². The third kappa shape index (κ3) is 2.97. The van der Waals surface area contributed by atoms with Crippen molar-refractivity contribution >= 4 is 5.69 Å². The normalized spacial score (nSPS) is 10.3. The first kappa shape index (κ1) is 14.1. The minimum Gasteiger partial charge on any atom is -0.364 e. The van der Waals surface area contributed by atoms with E-state index in [2.05, 4.69) is 0 Å². The lowest BCUT2D eigenvalue weighted by molar-refractivity contribution is 0.618. The Bertz CT molecular complexity index is 615. The van der Waals surface area contributed by atoms with E-state index in [0.29, 0.717) is 12.2 Å². The molecule has 0 aromatic heterocycles. The van der Waals surface area contributed by atoms with Crippen LogP contribution in [0.25, 0.3) is 0 Å². The lowest BCUT2D eigenvalue weighted by atomic mass is 10.1. The molecule has 0 aliphatic carbocycles. The Morgan fingerprint density at radius 1 is 1.10 bits per heavy atom. The molecule has 20 heavy (non-hydrogen) atoms. The minimum absolute atomic E-state index is 0.108. The number of nitrogens with zero attached hydrogens (tertiary/aromatic N) is 2. The molecule has 3 heteroatoms. The molecule has 0 unspecified atom stereocenters. The standard InChI is InChI=1S/C17H17FN2/c1-13(2)20(12-14-7-4-3-5-8-14)17-10-6-9-16(18)15(17)11-19/h3-10,13H,12H2,1-2H3. The Kier molecular flexibility index (Phi) is 4.37. The SMILES string of the molecule is CC(C)N(Cc1ccccc1)c1cccc(F)c1C#N. The maximum absolute atomic E-state index is 13.8. The van der Waals surface area contributed by atoms with E-state index in [0.717, 1.165) is 5.56 Å². The fourth-order valence-corrected chi connectivity index (χ4v) is 2.19. The van der Waals surface area contributed by atoms with Gasteiger partial charge in [-0.05, 0) is 31.5 Å².